The predicted octanol–water partition coefficient (Wildman–Crippen LogP) is 3.93. The molecular weight excluding hydrogens is 503 g/mol. The first-order valence-corrected chi connectivity index (χ1v) is 11.8. The van der Waals surface area contributed by atoms with Crippen molar-refractivity contribution in [2.24, 2.45) is 4.99 Å². The Kier molecular flexibility index (Phi) is 12.8. The highest BCUT2D eigenvalue weighted by Crippen LogP contribution is 2.21. The molecule has 0 amide bonds. The van der Waals surface area contributed by atoms with E-state index in [1.807, 2.05) is 0 Å². The van der Waals surface area contributed by atoms with Gasteiger partial charge in [-0.2, -0.15) is 0 Å². The monoisotopic (exact) mass is 544 g/mol. The number of nitrogens with zero attached hydrogens (tertiary/aromatic N) is 2. The summed E-state index contributed by atoms with van der Waals surface area (Å²) >= 11 is 0. The lowest BCUT2D eigenvalue weighted by Crippen LogP contribution is -2.38. The Hall–Kier alpha value is -0.900. The number of rotatable bonds is 10. The first kappa shape index (κ1) is 26.4. The van der Waals surface area contributed by atoms with Gasteiger partial charge < -0.3 is 20.1 Å². The number of nitrogens with one attached hydrogen (secondary N) is 2. The summed E-state index contributed by atoms with van der Waals surface area (Å²) < 4.78 is 11.2. The third kappa shape index (κ3) is 9.24. The summed E-state index contributed by atoms with van der Waals surface area (Å²) in [7, 11) is 0. The van der Waals surface area contributed by atoms with E-state index in [-0.39, 0.29) is 30.1 Å². The number of ether oxygens (including phenoxy) is 2. The number of likely N-dealkylation sites (tertiary alicyclic amines) is 1. The molecule has 0 saturated carbocycles. The number of piperidine rings is 1. The Morgan fingerprint density at radius 1 is 1.19 bits per heavy atom. The number of halogens is 1. The van der Waals surface area contributed by atoms with E-state index in [1.165, 1.54) is 36.9 Å². The number of aliphatic imine (C=N–C) groups is 1. The van der Waals surface area contributed by atoms with Crippen molar-refractivity contribution in [3.05, 3.63) is 35.4 Å². The minimum Gasteiger partial charge on any atom is -0.379 e. The van der Waals surface area contributed by atoms with Crippen LogP contribution in [0.15, 0.2) is 29.3 Å². The molecule has 1 aromatic carbocycles. The summed E-state index contributed by atoms with van der Waals surface area (Å²) in [5.41, 5.74) is 2.72. The molecule has 2 heterocycles. The Morgan fingerprint density at radius 3 is 2.77 bits per heavy atom. The molecule has 1 aromatic rings. The van der Waals surface area contributed by atoms with Crippen molar-refractivity contribution in [3.63, 3.8) is 0 Å². The zero-order valence-corrected chi connectivity index (χ0v) is 21.6. The topological polar surface area (TPSA) is 58.1 Å². The Bertz CT molecular complexity index is 652. The second-order valence-electron chi connectivity index (χ2n) is 8.42. The highest BCUT2D eigenvalue weighted by Gasteiger charge is 2.19. The minimum atomic E-state index is 0. The SMILES string of the molecule is CCNC(=NCc1ccccc1CN1CCCCC1C)NCCCOC1CCOC1.I. The van der Waals surface area contributed by atoms with Gasteiger partial charge in [-0.15, -0.1) is 24.0 Å². The molecule has 2 atom stereocenters. The van der Waals surface area contributed by atoms with Gasteiger partial charge in [-0.05, 0) is 57.2 Å². The molecule has 31 heavy (non-hydrogen) atoms. The fourth-order valence-corrected chi connectivity index (χ4v) is 4.16. The summed E-state index contributed by atoms with van der Waals surface area (Å²) in [5.74, 6) is 0.878. The Labute approximate surface area is 205 Å². The van der Waals surface area contributed by atoms with Crippen molar-refractivity contribution in [1.29, 1.82) is 0 Å². The lowest BCUT2D eigenvalue weighted by molar-refractivity contribution is 0.0420. The Morgan fingerprint density at radius 2 is 2.03 bits per heavy atom. The van der Waals surface area contributed by atoms with Crippen molar-refractivity contribution in [1.82, 2.24) is 15.5 Å². The van der Waals surface area contributed by atoms with E-state index in [2.05, 4.69) is 53.6 Å². The second kappa shape index (κ2) is 15.0. The van der Waals surface area contributed by atoms with Crippen LogP contribution in [0.25, 0.3) is 0 Å². The van der Waals surface area contributed by atoms with Crippen LogP contribution in [-0.2, 0) is 22.6 Å². The average molecular weight is 545 g/mol. The molecule has 2 aliphatic rings. The van der Waals surface area contributed by atoms with Gasteiger partial charge in [-0.25, -0.2) is 4.99 Å². The molecule has 7 heteroatoms. The molecular formula is C24H41IN4O2. The van der Waals surface area contributed by atoms with Gasteiger partial charge in [-0.1, -0.05) is 30.7 Å². The standard InChI is InChI=1S/C24H40N4O2.HI/c1-3-25-24(26-13-8-15-30-23-12-16-29-19-23)27-17-21-10-4-5-11-22(21)18-28-14-7-6-9-20(28)2;/h4-5,10-11,20,23H,3,6-9,12-19H2,1-2H3,(H2,25,26,27);1H. The highest BCUT2D eigenvalue weighted by molar-refractivity contribution is 14.0. The van der Waals surface area contributed by atoms with E-state index in [9.17, 15) is 0 Å². The Balaban J connectivity index is 0.00000341. The molecule has 6 nitrogen and oxygen atoms in total. The van der Waals surface area contributed by atoms with Crippen LogP contribution >= 0.6 is 24.0 Å². The zero-order valence-electron chi connectivity index (χ0n) is 19.3. The quantitative estimate of drug-likeness (QED) is 0.202. The maximum absolute atomic E-state index is 5.84. The van der Waals surface area contributed by atoms with Gasteiger partial charge in [0.2, 0.25) is 0 Å². The van der Waals surface area contributed by atoms with E-state index < -0.39 is 0 Å². The van der Waals surface area contributed by atoms with Crippen molar-refractivity contribution in [3.8, 4) is 0 Å². The first-order valence-electron chi connectivity index (χ1n) is 11.8. The fourth-order valence-electron chi connectivity index (χ4n) is 4.16. The number of hydrogen-bond acceptors (Lipinski definition) is 4. The van der Waals surface area contributed by atoms with Crippen LogP contribution in [-0.4, -0.2) is 62.5 Å². The van der Waals surface area contributed by atoms with Crippen molar-refractivity contribution < 1.29 is 9.47 Å². The van der Waals surface area contributed by atoms with Crippen LogP contribution in [0, 0.1) is 0 Å². The van der Waals surface area contributed by atoms with E-state index in [4.69, 9.17) is 14.5 Å². The number of hydrogen-bond donors (Lipinski definition) is 2. The lowest BCUT2D eigenvalue weighted by atomic mass is 10.0. The molecule has 2 aliphatic heterocycles. The van der Waals surface area contributed by atoms with Crippen LogP contribution in [0.2, 0.25) is 0 Å². The first-order chi connectivity index (χ1) is 14.8. The molecule has 0 radical (unpaired) electrons. The van der Waals surface area contributed by atoms with Gasteiger partial charge in [0, 0.05) is 38.9 Å². The maximum Gasteiger partial charge on any atom is 0.191 e. The van der Waals surface area contributed by atoms with Gasteiger partial charge in [-0.3, -0.25) is 4.90 Å². The zero-order chi connectivity index (χ0) is 21.0. The third-order valence-corrected chi connectivity index (χ3v) is 6.04. The molecule has 0 aliphatic carbocycles. The van der Waals surface area contributed by atoms with Crippen molar-refractivity contribution in [2.75, 3.05) is 39.5 Å². The van der Waals surface area contributed by atoms with Crippen LogP contribution in [0.3, 0.4) is 0 Å². The predicted molar refractivity (Wildman–Crippen MR) is 138 cm³/mol. The van der Waals surface area contributed by atoms with Crippen LogP contribution in [0.4, 0.5) is 0 Å². The molecule has 2 saturated heterocycles. The van der Waals surface area contributed by atoms with Crippen LogP contribution < -0.4 is 10.6 Å². The van der Waals surface area contributed by atoms with Crippen LogP contribution in [0.1, 0.15) is 57.1 Å². The molecule has 2 fully saturated rings. The fraction of sp³-hybridized carbons (Fsp3) is 0.708. The van der Waals surface area contributed by atoms with Gasteiger partial charge in [0.25, 0.3) is 0 Å². The second-order valence-corrected chi connectivity index (χ2v) is 8.42. The summed E-state index contributed by atoms with van der Waals surface area (Å²) in [6.45, 7) is 11.4. The van der Waals surface area contributed by atoms with E-state index >= 15 is 0 Å². The van der Waals surface area contributed by atoms with Crippen LogP contribution in [0.5, 0.6) is 0 Å². The molecule has 2 N–H and O–H groups in total. The number of benzene rings is 1. The van der Waals surface area contributed by atoms with Gasteiger partial charge >= 0.3 is 0 Å². The molecule has 0 bridgehead atoms. The summed E-state index contributed by atoms with van der Waals surface area (Å²) in [5, 5.41) is 6.80. The number of guanidine groups is 1. The average Bonchev–Trinajstić information content (AvgIpc) is 3.28. The van der Waals surface area contributed by atoms with Crippen molar-refractivity contribution in [2.45, 2.75) is 71.2 Å². The van der Waals surface area contributed by atoms with Gasteiger partial charge in [0.05, 0.1) is 19.3 Å². The molecule has 0 spiro atoms. The largest absolute Gasteiger partial charge is 0.379 e. The van der Waals surface area contributed by atoms with E-state index in [1.54, 1.807) is 0 Å². The minimum absolute atomic E-state index is 0. The molecule has 176 valence electrons. The van der Waals surface area contributed by atoms with Crippen molar-refractivity contribution >= 4 is 29.9 Å². The summed E-state index contributed by atoms with van der Waals surface area (Å²) in [6.07, 6.45) is 6.26. The third-order valence-electron chi connectivity index (χ3n) is 6.04. The highest BCUT2D eigenvalue weighted by atomic mass is 127. The summed E-state index contributed by atoms with van der Waals surface area (Å²) in [4.78, 5) is 7.46. The molecule has 3 rings (SSSR count). The normalized spacial score (nSPS) is 22.2. The van der Waals surface area contributed by atoms with E-state index in [0.29, 0.717) is 12.6 Å². The molecule has 2 unspecified atom stereocenters. The molecule has 0 aromatic heterocycles. The van der Waals surface area contributed by atoms with E-state index in [0.717, 1.165) is 58.3 Å². The summed E-state index contributed by atoms with van der Waals surface area (Å²) in [6, 6.07) is 9.42. The maximum atomic E-state index is 5.84. The lowest BCUT2D eigenvalue weighted by Gasteiger charge is -2.33. The smallest absolute Gasteiger partial charge is 0.191 e. The van der Waals surface area contributed by atoms with Gasteiger partial charge in [0.1, 0.15) is 0 Å². The van der Waals surface area contributed by atoms with Gasteiger partial charge in [0.15, 0.2) is 5.96 Å².